The molecule has 0 atom stereocenters. The molecule has 0 saturated carbocycles. The zero-order chi connectivity index (χ0) is 8.57. The predicted molar refractivity (Wildman–Crippen MR) is 22.1 cm³/mol. The van der Waals surface area contributed by atoms with Crippen LogP contribution in [0.4, 0.5) is 0 Å². The van der Waals surface area contributed by atoms with Gasteiger partial charge in [-0.15, -0.1) is 0 Å². The molecule has 0 rings (SSSR count). The zero-order valence-electron chi connectivity index (χ0n) is 4.96. The third-order valence-electron chi connectivity index (χ3n) is 0.192. The van der Waals surface area contributed by atoms with Crippen molar-refractivity contribution in [1.29, 1.82) is 0 Å². The third kappa shape index (κ3) is 51.9. The predicted octanol–water partition coefficient (Wildman–Crippen LogP) is -4.13. The first-order valence-corrected chi connectivity index (χ1v) is 1.87. The SMILES string of the molecule is O=CC(=O)[O-].O=CC(=O)[O-].[Fe+2]. The minimum absolute atomic E-state index is 0. The summed E-state index contributed by atoms with van der Waals surface area (Å²) in [6.07, 6.45) is -0.556. The first-order chi connectivity index (χ1) is 4.54. The van der Waals surface area contributed by atoms with Gasteiger partial charge in [0.15, 0.2) is 12.6 Å². The Morgan fingerprint density at radius 2 is 1.00 bits per heavy atom. The van der Waals surface area contributed by atoms with E-state index < -0.39 is 11.9 Å². The molecule has 62 valence electrons. The van der Waals surface area contributed by atoms with Gasteiger partial charge in [-0.3, -0.25) is 9.59 Å². The van der Waals surface area contributed by atoms with Gasteiger partial charge < -0.3 is 19.8 Å². The molecule has 0 saturated heterocycles. The van der Waals surface area contributed by atoms with Crippen molar-refractivity contribution >= 4 is 24.5 Å². The van der Waals surface area contributed by atoms with Gasteiger partial charge in [-0.05, 0) is 0 Å². The average Bonchev–Trinajstić information content (AvgIpc) is 1.89. The quantitative estimate of drug-likeness (QED) is 0.255. The fourth-order valence-electron chi connectivity index (χ4n) is 0. The smallest absolute Gasteiger partial charge is 0.542 e. The Hall–Kier alpha value is -1.20. The number of hydrogen-bond acceptors (Lipinski definition) is 6. The molecule has 0 aliphatic rings. The molecule has 0 spiro atoms. The molecule has 0 amide bonds. The van der Waals surface area contributed by atoms with Crippen LogP contribution in [-0.2, 0) is 36.2 Å². The van der Waals surface area contributed by atoms with E-state index in [1.54, 1.807) is 0 Å². The van der Waals surface area contributed by atoms with Gasteiger partial charge in [-0.1, -0.05) is 0 Å². The van der Waals surface area contributed by atoms with Crippen molar-refractivity contribution < 1.29 is 46.5 Å². The van der Waals surface area contributed by atoms with Gasteiger partial charge in [0.1, 0.15) is 11.9 Å². The van der Waals surface area contributed by atoms with E-state index in [0.29, 0.717) is 0 Å². The summed E-state index contributed by atoms with van der Waals surface area (Å²) >= 11 is 0. The number of carboxylic acid groups (broad SMARTS) is 2. The molecule has 11 heavy (non-hydrogen) atoms. The molecule has 0 fully saturated rings. The standard InChI is InChI=1S/2C2H2O3.Fe/c2*3-1-2(4)5;/h2*1H,(H,4,5);/q;;+2/p-2. The van der Waals surface area contributed by atoms with E-state index in [-0.39, 0.29) is 29.6 Å². The molecule has 0 aromatic rings. The Labute approximate surface area is 71.7 Å². The second-order valence-electron chi connectivity index (χ2n) is 0.874. The molecule has 0 aromatic heterocycles. The first-order valence-electron chi connectivity index (χ1n) is 1.87. The van der Waals surface area contributed by atoms with Gasteiger partial charge >= 0.3 is 17.1 Å². The number of carboxylic acids is 2. The van der Waals surface area contributed by atoms with Gasteiger partial charge in [-0.25, -0.2) is 0 Å². The summed E-state index contributed by atoms with van der Waals surface area (Å²) in [6, 6.07) is 0. The van der Waals surface area contributed by atoms with E-state index in [1.165, 1.54) is 0 Å². The largest absolute Gasteiger partial charge is 2.00 e. The Kier molecular flexibility index (Phi) is 17.3. The summed E-state index contributed by atoms with van der Waals surface area (Å²) in [5, 5.41) is 17.8. The van der Waals surface area contributed by atoms with E-state index >= 15 is 0 Å². The molecule has 0 aliphatic carbocycles. The van der Waals surface area contributed by atoms with Crippen LogP contribution in [0.1, 0.15) is 0 Å². The van der Waals surface area contributed by atoms with Gasteiger partial charge in [-0.2, -0.15) is 0 Å². The van der Waals surface area contributed by atoms with Crippen LogP contribution >= 0.6 is 0 Å². The zero-order valence-corrected chi connectivity index (χ0v) is 6.06. The van der Waals surface area contributed by atoms with Gasteiger partial charge in [0.05, 0.1) is 0 Å². The molecule has 0 aromatic carbocycles. The minimum atomic E-state index is -1.68. The topological polar surface area (TPSA) is 114 Å². The number of aldehydes is 2. The number of carbonyl (C=O) groups is 4. The van der Waals surface area contributed by atoms with Crippen molar-refractivity contribution in [2.75, 3.05) is 0 Å². The number of carbonyl (C=O) groups excluding carboxylic acids is 4. The van der Waals surface area contributed by atoms with Crippen molar-refractivity contribution in [3.63, 3.8) is 0 Å². The fourth-order valence-corrected chi connectivity index (χ4v) is 0. The summed E-state index contributed by atoms with van der Waals surface area (Å²) in [5.74, 6) is -3.35. The Balaban J connectivity index is -0.000000107. The second kappa shape index (κ2) is 11.6. The molecular formula is C4H2FeO6. The summed E-state index contributed by atoms with van der Waals surface area (Å²) in [5.41, 5.74) is 0. The third-order valence-corrected chi connectivity index (χ3v) is 0.192. The molecule has 0 N–H and O–H groups in total. The first kappa shape index (κ1) is 16.4. The van der Waals surface area contributed by atoms with E-state index in [4.69, 9.17) is 29.4 Å². The van der Waals surface area contributed by atoms with Crippen molar-refractivity contribution in [2.45, 2.75) is 0 Å². The summed E-state index contributed by atoms with van der Waals surface area (Å²) < 4.78 is 0. The average molecular weight is 202 g/mol. The molecular weight excluding hydrogens is 200 g/mol. The summed E-state index contributed by atoms with van der Waals surface area (Å²) in [4.78, 5) is 35.5. The molecule has 0 heterocycles. The fraction of sp³-hybridized carbons (Fsp3) is 0. The van der Waals surface area contributed by atoms with E-state index in [0.717, 1.165) is 0 Å². The van der Waals surface area contributed by atoms with Crippen molar-refractivity contribution in [2.24, 2.45) is 0 Å². The Morgan fingerprint density at radius 3 is 1.00 bits per heavy atom. The molecule has 7 heteroatoms. The summed E-state index contributed by atoms with van der Waals surface area (Å²) in [7, 11) is 0. The van der Waals surface area contributed by atoms with Crippen LogP contribution in [0, 0.1) is 0 Å². The Bertz CT molecular complexity index is 135. The van der Waals surface area contributed by atoms with Crippen LogP contribution in [0.2, 0.25) is 0 Å². The molecule has 0 unspecified atom stereocenters. The van der Waals surface area contributed by atoms with E-state index in [1.807, 2.05) is 0 Å². The number of aliphatic carboxylic acids is 2. The normalized spacial score (nSPS) is 5.82. The maximum absolute atomic E-state index is 8.89. The monoisotopic (exact) mass is 202 g/mol. The van der Waals surface area contributed by atoms with Gasteiger partial charge in [0, 0.05) is 0 Å². The van der Waals surface area contributed by atoms with E-state index in [9.17, 15) is 0 Å². The maximum atomic E-state index is 8.89. The van der Waals surface area contributed by atoms with Gasteiger partial charge in [0.2, 0.25) is 0 Å². The molecule has 0 aliphatic heterocycles. The number of hydrogen-bond donors (Lipinski definition) is 0. The van der Waals surface area contributed by atoms with Crippen LogP contribution in [-0.4, -0.2) is 24.5 Å². The Morgan fingerprint density at radius 1 is 0.909 bits per heavy atom. The van der Waals surface area contributed by atoms with E-state index in [2.05, 4.69) is 0 Å². The minimum Gasteiger partial charge on any atom is -0.542 e. The van der Waals surface area contributed by atoms with Crippen molar-refractivity contribution in [3.8, 4) is 0 Å². The van der Waals surface area contributed by atoms with Crippen molar-refractivity contribution in [3.05, 3.63) is 0 Å². The second-order valence-corrected chi connectivity index (χ2v) is 0.874. The molecule has 6 nitrogen and oxygen atoms in total. The van der Waals surface area contributed by atoms with Gasteiger partial charge in [0.25, 0.3) is 0 Å². The number of rotatable bonds is 2. The van der Waals surface area contributed by atoms with Crippen LogP contribution in [0.25, 0.3) is 0 Å². The summed E-state index contributed by atoms with van der Waals surface area (Å²) in [6.45, 7) is 0. The van der Waals surface area contributed by atoms with Crippen LogP contribution in [0.3, 0.4) is 0 Å². The van der Waals surface area contributed by atoms with Crippen LogP contribution < -0.4 is 10.2 Å². The van der Waals surface area contributed by atoms with Crippen molar-refractivity contribution in [1.82, 2.24) is 0 Å². The maximum Gasteiger partial charge on any atom is 2.00 e. The molecule has 0 radical (unpaired) electrons. The molecule has 0 bridgehead atoms. The van der Waals surface area contributed by atoms with Crippen LogP contribution in [0.5, 0.6) is 0 Å². The van der Waals surface area contributed by atoms with Crippen LogP contribution in [0.15, 0.2) is 0 Å².